The average Bonchev–Trinajstić information content (AvgIpc) is 1.59. The molecule has 3 aliphatic rings. The van der Waals surface area contributed by atoms with E-state index >= 15 is 0 Å². The van der Waals surface area contributed by atoms with Gasteiger partial charge in [-0.3, -0.25) is 24.2 Å². The number of oxazole rings is 2. The Hall–Kier alpha value is -14.5. The van der Waals surface area contributed by atoms with Crippen LogP contribution < -0.4 is 9.97 Å². The molecule has 26 rings (SSSR count). The van der Waals surface area contributed by atoms with Crippen LogP contribution in [0, 0.1) is 18.2 Å². The Bertz CT molecular complexity index is 8420. The normalized spacial score (nSPS) is 14.1. The SMILES string of the molecule is CC1(C)c2[c-]c(ccc2)-c2nc(co2)C(C)(C)c2cccc(c2)-c2nc1co2.CC1(C)c2cn(-c3ccccc3)c(n2)-c2ccc([n-]2)C(C)(C)c2cn(-c3ccccc3)c(n2)-c2ccc1[n-]2.Cn1nc2nc1-c1[c-]c(ccc1)C(C)(C)c1nc(n(C)n1)-c1cccc(c1)C2(C)C.[Pt+2].[Pt].[Pt].[Pt].[c-]1c2cccc1c1nc(cn1-c1ccccc1)c1cccc(c1)c1cccc(c1)c1nc(cn1-c1ccccc1)c1cccc2c1. The predicted octanol–water partition coefficient (Wildman–Crippen LogP) is 26.5. The van der Waals surface area contributed by atoms with Crippen molar-refractivity contribution >= 4 is 65.4 Å². The molecule has 12 aromatic carbocycles. The zero-order valence-electron chi connectivity index (χ0n) is 82.7. The van der Waals surface area contributed by atoms with Crippen LogP contribution in [0.2, 0.25) is 0 Å². The predicted molar refractivity (Wildman–Crippen MR) is 563 cm³/mol. The summed E-state index contributed by atoms with van der Waals surface area (Å²) in [4.78, 5) is 50.6. The zero-order valence-corrected chi connectivity index (χ0v) is 91.8. The van der Waals surface area contributed by atoms with Gasteiger partial charge in [0.15, 0.2) is 17.5 Å². The Kier molecular flexibility index (Phi) is 27.1. The van der Waals surface area contributed by atoms with Crippen LogP contribution in [0.4, 0.5) is 0 Å². The molecule has 14 heterocycles. The minimum absolute atomic E-state index is 0. The quantitative estimate of drug-likeness (QED) is 0.150. The first kappa shape index (κ1) is 100. The second kappa shape index (κ2) is 39.5. The molecule has 0 fully saturated rings. The molecule has 20 nitrogen and oxygen atoms in total. The van der Waals surface area contributed by atoms with Crippen molar-refractivity contribution in [2.45, 2.75) is 116 Å². The molecule has 0 saturated heterocycles. The van der Waals surface area contributed by atoms with Gasteiger partial charge in [0.05, 0.1) is 50.7 Å². The molecule has 0 N–H and O–H groups in total. The number of benzene rings is 12. The molecule has 0 amide bonds. The number of nitrogens with zero attached hydrogens (tertiary/aromatic N) is 18. The van der Waals surface area contributed by atoms with Gasteiger partial charge in [-0.15, -0.1) is 106 Å². The number of imidazole rings is 4. The van der Waals surface area contributed by atoms with Crippen LogP contribution in [0.1, 0.15) is 151 Å². The monoisotopic (exact) mass is 2630 g/mol. The summed E-state index contributed by atoms with van der Waals surface area (Å²) < 4.78 is 24.1. The van der Waals surface area contributed by atoms with Crippen LogP contribution in [0.3, 0.4) is 0 Å². The fraction of sp³-hybridized carbons (Fsp3) is 0.164. The average molecular weight is 2630 g/mol. The molecule has 0 aliphatic carbocycles. The molecule has 0 spiro atoms. The smallest absolute Gasteiger partial charge is 0.658 e. The maximum absolute atomic E-state index is 5.87. The van der Waals surface area contributed by atoms with Crippen molar-refractivity contribution in [3.63, 3.8) is 0 Å². The van der Waals surface area contributed by atoms with Crippen LogP contribution in [0.15, 0.2) is 368 Å². The van der Waals surface area contributed by atoms with Crippen molar-refractivity contribution in [1.29, 1.82) is 0 Å². The van der Waals surface area contributed by atoms with Gasteiger partial charge in [0, 0.05) is 174 Å². The number of fused-ring (bicyclic) bond motifs is 48. The second-order valence-corrected chi connectivity index (χ2v) is 40.0. The summed E-state index contributed by atoms with van der Waals surface area (Å²) in [7, 11) is 3.89. The van der Waals surface area contributed by atoms with Crippen molar-refractivity contribution in [3.05, 3.63) is 445 Å². The number of rotatable bonds is 4. The van der Waals surface area contributed by atoms with Gasteiger partial charge in [-0.1, -0.05) is 285 Å². The standard InChI is InChI=1S/C42H27N4.C32H28N6.C24H25N6.C24H21N2O2.4Pt/c1-3-19-37(20-4-1)45-27-39-33-15-7-11-29(23-33)32-14-10-18-36(26-32)42-44-40(28-46(42)38-21-5-2-6-22-38)34-16-8-12-30(24-34)31-13-9-17-35(25-31)41(45)43-39;1-31(2)25-17-15-23(33-25)30-36-28(20-38(30)22-13-9-6-10-14-22)32(3,4)26-18-16-24(34-26)29-35-27(31)19-37(29)21-11-7-5-8-12-21;1-23(2)17-11-7-9-15(13-17)20-26-22(28-30(20)6)24(3,4)18-12-8-10-16(14-18)19-25-21(23)27-29(19)5;1-23(2)17-9-5-7-15(11-17)22-26-20(14-28-22)24(3,4)18-10-6-8-16(12-18)21-25-19(23)13-27-21;;;;/h1-25,27-28H;5-20H,1-4H3;7-13H,1-6H3;5-11,13-14H,1-4H3;;;;/q-1;-2;2*-1;;;;+2. The Balaban J connectivity index is 0.000000124. The van der Waals surface area contributed by atoms with E-state index in [0.717, 1.165) is 213 Å². The van der Waals surface area contributed by atoms with E-state index in [-0.39, 0.29) is 101 Å². The third kappa shape index (κ3) is 18.3. The molecule has 3 aliphatic heterocycles. The van der Waals surface area contributed by atoms with Gasteiger partial charge < -0.3 is 32.5 Å². The molecule has 0 atom stereocenters. The summed E-state index contributed by atoms with van der Waals surface area (Å²) in [5, 5.41) is 18.0. The minimum atomic E-state index is -0.432. The molecule has 0 saturated carbocycles. The minimum Gasteiger partial charge on any atom is -0.658 e. The number of hydrogen-bond donors (Lipinski definition) is 0. The van der Waals surface area contributed by atoms with E-state index in [4.69, 9.17) is 68.9 Å². The van der Waals surface area contributed by atoms with E-state index in [1.165, 1.54) is 0 Å². The van der Waals surface area contributed by atoms with E-state index in [1.807, 2.05) is 108 Å². The summed E-state index contributed by atoms with van der Waals surface area (Å²) in [6.07, 6.45) is 12.0. The number of para-hydroxylation sites is 4. The topological polar surface area (TPSA) is 213 Å². The Labute approximate surface area is 904 Å². The molecular weight excluding hydrogens is 2530 g/mol. The number of aryl methyl sites for hydroxylation is 2. The Morgan fingerprint density at radius 3 is 1.27 bits per heavy atom. The molecule has 734 valence electrons. The second-order valence-electron chi connectivity index (χ2n) is 40.0. The van der Waals surface area contributed by atoms with Crippen LogP contribution in [0.25, 0.3) is 157 Å². The molecule has 0 radical (unpaired) electrons. The van der Waals surface area contributed by atoms with Crippen molar-refractivity contribution in [2.24, 2.45) is 14.1 Å². The molecule has 23 aromatic rings. The Morgan fingerprint density at radius 2 is 0.692 bits per heavy atom. The number of aromatic nitrogens is 18. The summed E-state index contributed by atoms with van der Waals surface area (Å²) in [5.74, 6) is 6.04. The molecule has 36 bridgehead atoms. The van der Waals surface area contributed by atoms with Crippen molar-refractivity contribution < 1.29 is 93.1 Å². The molecule has 11 aromatic heterocycles. The van der Waals surface area contributed by atoms with Crippen molar-refractivity contribution in [2.75, 3.05) is 0 Å². The Morgan fingerprint density at radius 1 is 0.281 bits per heavy atom. The molecular formula is C122H101N18O2Pt4-3. The molecule has 0 unspecified atom stereocenters. The first-order valence-electron chi connectivity index (χ1n) is 47.9. The summed E-state index contributed by atoms with van der Waals surface area (Å²) >= 11 is 0. The number of hydrogen-bond acceptors (Lipinski definition) is 12. The first-order chi connectivity index (χ1) is 68.6. The van der Waals surface area contributed by atoms with E-state index < -0.39 is 16.2 Å². The fourth-order valence-electron chi connectivity index (χ4n) is 19.2. The summed E-state index contributed by atoms with van der Waals surface area (Å²) in [6.45, 7) is 25.8. The van der Waals surface area contributed by atoms with Gasteiger partial charge >= 0.3 is 21.1 Å². The van der Waals surface area contributed by atoms with E-state index in [0.29, 0.717) is 11.8 Å². The van der Waals surface area contributed by atoms with Gasteiger partial charge in [0.1, 0.15) is 35.7 Å². The van der Waals surface area contributed by atoms with E-state index in [9.17, 15) is 0 Å². The van der Waals surface area contributed by atoms with E-state index in [2.05, 4.69) is 381 Å². The van der Waals surface area contributed by atoms with Gasteiger partial charge in [-0.25, -0.2) is 29.6 Å². The largest absolute Gasteiger partial charge is 2.00 e. The van der Waals surface area contributed by atoms with E-state index in [1.54, 1.807) is 12.5 Å². The maximum atomic E-state index is 5.87. The van der Waals surface area contributed by atoms with Gasteiger partial charge in [0.25, 0.3) is 0 Å². The van der Waals surface area contributed by atoms with Crippen molar-refractivity contribution in [3.8, 4) is 91.5 Å². The van der Waals surface area contributed by atoms with Crippen molar-refractivity contribution in [1.82, 2.24) is 87.7 Å². The van der Waals surface area contributed by atoms with Gasteiger partial charge in [-0.2, -0.15) is 10.2 Å². The third-order valence-electron chi connectivity index (χ3n) is 28.4. The van der Waals surface area contributed by atoms with Crippen LogP contribution in [-0.4, -0.2) is 77.7 Å². The van der Waals surface area contributed by atoms with Crippen LogP contribution in [-0.2, 0) is 131 Å². The van der Waals surface area contributed by atoms with Crippen LogP contribution in [0.5, 0.6) is 0 Å². The maximum Gasteiger partial charge on any atom is 2.00 e. The molecule has 146 heavy (non-hydrogen) atoms. The van der Waals surface area contributed by atoms with Crippen LogP contribution >= 0.6 is 0 Å². The zero-order chi connectivity index (χ0) is 97.3. The fourth-order valence-corrected chi connectivity index (χ4v) is 19.2. The van der Waals surface area contributed by atoms with Gasteiger partial charge in [-0.05, 0) is 120 Å². The third-order valence-corrected chi connectivity index (χ3v) is 28.4. The van der Waals surface area contributed by atoms with Gasteiger partial charge in [0.2, 0.25) is 5.89 Å². The molecule has 24 heteroatoms. The summed E-state index contributed by atoms with van der Waals surface area (Å²) in [5.41, 5.74) is 20.7. The first-order valence-corrected chi connectivity index (χ1v) is 47.9. The summed E-state index contributed by atoms with van der Waals surface area (Å²) in [6, 6.07) is 122.